The van der Waals surface area contributed by atoms with Gasteiger partial charge in [-0.3, -0.25) is 0 Å². The zero-order valence-electron chi connectivity index (χ0n) is 14.9. The molecule has 0 heterocycles. The maximum Gasteiger partial charge on any atom is 0.426 e. The van der Waals surface area contributed by atoms with Crippen LogP contribution in [0.2, 0.25) is 0 Å². The highest BCUT2D eigenvalue weighted by atomic mass is 19.3. The van der Waals surface area contributed by atoms with Crippen molar-refractivity contribution < 1.29 is 13.5 Å². The van der Waals surface area contributed by atoms with Crippen LogP contribution in [0.4, 0.5) is 8.78 Å². The fraction of sp³-hybridized carbons (Fsp3) is 0.409. The van der Waals surface area contributed by atoms with Crippen LogP contribution in [0.25, 0.3) is 0 Å². The first kappa shape index (κ1) is 18.4. The first-order chi connectivity index (χ1) is 12.5. The zero-order valence-corrected chi connectivity index (χ0v) is 14.9. The number of rotatable bonds is 5. The summed E-state index contributed by atoms with van der Waals surface area (Å²) in [6.45, 7) is 2.23. The monoisotopic (exact) mass is 355 g/mol. The van der Waals surface area contributed by atoms with Crippen molar-refractivity contribution in [2.45, 2.75) is 51.1 Å². The van der Waals surface area contributed by atoms with Crippen molar-refractivity contribution in [3.63, 3.8) is 0 Å². The predicted molar refractivity (Wildman–Crippen MR) is 97.1 cm³/mol. The van der Waals surface area contributed by atoms with Gasteiger partial charge in [0.1, 0.15) is 5.75 Å². The van der Waals surface area contributed by atoms with Crippen molar-refractivity contribution in [1.82, 2.24) is 0 Å². The second kappa shape index (κ2) is 7.86. The molecule has 0 N–H and O–H groups in total. The molecule has 0 amide bonds. The van der Waals surface area contributed by atoms with Gasteiger partial charge in [-0.1, -0.05) is 25.5 Å². The lowest BCUT2D eigenvalue weighted by atomic mass is 9.78. The van der Waals surface area contributed by atoms with E-state index < -0.39 is 6.11 Å². The SMILES string of the molecule is CC[C@H]1CC[C@H](c2ccc(C(F)(F)Oc3ccc(C#N)cc3)cc2)CC1. The summed E-state index contributed by atoms with van der Waals surface area (Å²) >= 11 is 0. The van der Waals surface area contributed by atoms with E-state index in [1.54, 1.807) is 0 Å². The molecule has 0 radical (unpaired) electrons. The average Bonchev–Trinajstić information content (AvgIpc) is 2.68. The minimum absolute atomic E-state index is 0.0379. The van der Waals surface area contributed by atoms with Gasteiger partial charge in [0, 0.05) is 0 Å². The molecule has 1 aliphatic rings. The number of nitrogens with zero attached hydrogens (tertiary/aromatic N) is 1. The molecular weight excluding hydrogens is 332 g/mol. The Bertz CT molecular complexity index is 754. The Morgan fingerprint density at radius 3 is 2.15 bits per heavy atom. The van der Waals surface area contributed by atoms with Crippen LogP contribution in [0, 0.1) is 17.2 Å². The van der Waals surface area contributed by atoms with E-state index in [0.717, 1.165) is 24.3 Å². The van der Waals surface area contributed by atoms with Crippen LogP contribution >= 0.6 is 0 Å². The topological polar surface area (TPSA) is 33.0 Å². The van der Waals surface area contributed by atoms with Gasteiger partial charge in [-0.25, -0.2) is 0 Å². The van der Waals surface area contributed by atoms with E-state index in [4.69, 9.17) is 10.00 Å². The van der Waals surface area contributed by atoms with E-state index in [-0.39, 0.29) is 11.3 Å². The molecule has 0 aliphatic heterocycles. The molecular formula is C22H23F2NO. The second-order valence-corrected chi connectivity index (χ2v) is 7.00. The quantitative estimate of drug-likeness (QED) is 0.624. The number of nitriles is 1. The molecule has 4 heteroatoms. The van der Waals surface area contributed by atoms with E-state index in [9.17, 15) is 8.78 Å². The van der Waals surface area contributed by atoms with Crippen LogP contribution in [-0.2, 0) is 6.11 Å². The van der Waals surface area contributed by atoms with E-state index >= 15 is 0 Å². The highest BCUT2D eigenvalue weighted by Crippen LogP contribution is 2.38. The Labute approximate surface area is 153 Å². The lowest BCUT2D eigenvalue weighted by Crippen LogP contribution is -2.22. The van der Waals surface area contributed by atoms with Crippen molar-refractivity contribution in [2.75, 3.05) is 0 Å². The van der Waals surface area contributed by atoms with E-state index in [1.165, 1.54) is 55.7 Å². The molecule has 0 atom stereocenters. The van der Waals surface area contributed by atoms with Gasteiger partial charge in [-0.2, -0.15) is 14.0 Å². The molecule has 0 saturated heterocycles. The minimum atomic E-state index is -3.41. The van der Waals surface area contributed by atoms with E-state index in [0.29, 0.717) is 11.5 Å². The fourth-order valence-electron chi connectivity index (χ4n) is 3.66. The van der Waals surface area contributed by atoms with Crippen molar-refractivity contribution in [3.8, 4) is 11.8 Å². The van der Waals surface area contributed by atoms with Gasteiger partial charge in [0.05, 0.1) is 17.2 Å². The molecule has 3 rings (SSSR count). The van der Waals surface area contributed by atoms with Crippen LogP contribution in [0.5, 0.6) is 5.75 Å². The van der Waals surface area contributed by atoms with Gasteiger partial charge in [-0.15, -0.1) is 0 Å². The van der Waals surface area contributed by atoms with Gasteiger partial charge in [-0.05, 0) is 79.5 Å². The molecule has 26 heavy (non-hydrogen) atoms. The first-order valence-corrected chi connectivity index (χ1v) is 9.19. The van der Waals surface area contributed by atoms with Gasteiger partial charge in [0.2, 0.25) is 0 Å². The summed E-state index contributed by atoms with van der Waals surface area (Å²) in [5.41, 5.74) is 1.38. The zero-order chi connectivity index (χ0) is 18.6. The fourth-order valence-corrected chi connectivity index (χ4v) is 3.66. The molecule has 2 nitrogen and oxygen atoms in total. The molecule has 136 valence electrons. The van der Waals surface area contributed by atoms with Gasteiger partial charge in [0.25, 0.3) is 0 Å². The third-order valence-electron chi connectivity index (χ3n) is 5.37. The first-order valence-electron chi connectivity index (χ1n) is 9.19. The molecule has 1 saturated carbocycles. The lowest BCUT2D eigenvalue weighted by molar-refractivity contribution is -0.185. The normalized spacial score (nSPS) is 20.4. The maximum absolute atomic E-state index is 14.4. The van der Waals surface area contributed by atoms with Gasteiger partial charge >= 0.3 is 6.11 Å². The Morgan fingerprint density at radius 1 is 1.00 bits per heavy atom. The van der Waals surface area contributed by atoms with Crippen LogP contribution in [0.1, 0.15) is 61.6 Å². The maximum atomic E-state index is 14.4. The molecule has 1 aliphatic carbocycles. The lowest BCUT2D eigenvalue weighted by Gasteiger charge is -2.28. The Balaban J connectivity index is 1.67. The molecule has 2 aromatic rings. The van der Waals surface area contributed by atoms with Crippen molar-refractivity contribution in [2.24, 2.45) is 5.92 Å². The third kappa shape index (κ3) is 4.22. The molecule has 0 bridgehead atoms. The summed E-state index contributed by atoms with van der Waals surface area (Å²) in [6.07, 6.45) is 2.53. The molecule has 0 unspecified atom stereocenters. The van der Waals surface area contributed by atoms with Gasteiger partial charge in [0.15, 0.2) is 0 Å². The highest BCUT2D eigenvalue weighted by molar-refractivity contribution is 5.35. The molecule has 0 aromatic heterocycles. The average molecular weight is 355 g/mol. The summed E-state index contributed by atoms with van der Waals surface area (Å²) in [5, 5.41) is 8.76. The van der Waals surface area contributed by atoms with E-state index in [1.807, 2.05) is 18.2 Å². The summed E-state index contributed by atoms with van der Waals surface area (Å²) < 4.78 is 33.7. The number of ether oxygens (including phenoxy) is 1. The number of halogens is 2. The van der Waals surface area contributed by atoms with Crippen molar-refractivity contribution in [3.05, 3.63) is 65.2 Å². The van der Waals surface area contributed by atoms with Gasteiger partial charge < -0.3 is 4.74 Å². The largest absolute Gasteiger partial charge is 0.429 e. The number of hydrogen-bond acceptors (Lipinski definition) is 2. The Hall–Kier alpha value is -2.41. The van der Waals surface area contributed by atoms with Crippen LogP contribution in [-0.4, -0.2) is 0 Å². The summed E-state index contributed by atoms with van der Waals surface area (Å²) in [4.78, 5) is 0. The molecule has 1 fully saturated rings. The van der Waals surface area contributed by atoms with Crippen molar-refractivity contribution >= 4 is 0 Å². The Morgan fingerprint density at radius 2 is 1.62 bits per heavy atom. The second-order valence-electron chi connectivity index (χ2n) is 7.00. The number of alkyl halides is 2. The van der Waals surface area contributed by atoms with Crippen LogP contribution in [0.3, 0.4) is 0 Å². The van der Waals surface area contributed by atoms with Crippen LogP contribution < -0.4 is 4.74 Å². The highest BCUT2D eigenvalue weighted by Gasteiger charge is 2.34. The predicted octanol–water partition coefficient (Wildman–Crippen LogP) is 6.37. The number of benzene rings is 2. The summed E-state index contributed by atoms with van der Waals surface area (Å²) in [7, 11) is 0. The van der Waals surface area contributed by atoms with Crippen molar-refractivity contribution in [1.29, 1.82) is 5.26 Å². The summed E-state index contributed by atoms with van der Waals surface area (Å²) in [5.74, 6) is 1.33. The standard InChI is InChI=1S/C22H23F2NO/c1-2-16-3-7-18(8-4-16)19-9-11-20(12-10-19)22(23,24)26-21-13-5-17(15-25)6-14-21/h5-6,9-14,16,18H,2-4,7-8H2,1H3/t16-,18-. The van der Waals surface area contributed by atoms with Crippen LogP contribution in [0.15, 0.2) is 48.5 Å². The Kier molecular flexibility index (Phi) is 5.56. The molecule has 0 spiro atoms. The smallest absolute Gasteiger partial charge is 0.426 e. The minimum Gasteiger partial charge on any atom is -0.429 e. The summed E-state index contributed by atoms with van der Waals surface area (Å²) in [6, 6.07) is 14.2. The molecule has 2 aromatic carbocycles. The van der Waals surface area contributed by atoms with E-state index in [2.05, 4.69) is 6.92 Å². The number of hydrogen-bond donors (Lipinski definition) is 0. The third-order valence-corrected chi connectivity index (χ3v) is 5.37.